The van der Waals surface area contributed by atoms with Crippen molar-refractivity contribution in [3.63, 3.8) is 0 Å². The van der Waals surface area contributed by atoms with Gasteiger partial charge in [-0.15, -0.1) is 11.8 Å². The molecular formula is C10H12O2S. The van der Waals surface area contributed by atoms with Gasteiger partial charge in [0.25, 0.3) is 0 Å². The third-order valence-corrected chi connectivity index (χ3v) is 1.96. The average Bonchev–Trinajstić information content (AvgIpc) is 2.15. The second-order valence-corrected chi connectivity index (χ2v) is 3.44. The van der Waals surface area contributed by atoms with Crippen molar-refractivity contribution in [2.75, 3.05) is 12.2 Å². The van der Waals surface area contributed by atoms with Crippen LogP contribution in [0.25, 0.3) is 0 Å². The Balaban J connectivity index is 2.64. The minimum atomic E-state index is 0.0800. The molecule has 0 aliphatic rings. The van der Waals surface area contributed by atoms with Crippen molar-refractivity contribution in [2.24, 2.45) is 0 Å². The first kappa shape index (κ1) is 10.1. The van der Waals surface area contributed by atoms with Crippen molar-refractivity contribution in [2.45, 2.75) is 6.92 Å². The summed E-state index contributed by atoms with van der Waals surface area (Å²) in [7, 11) is 0. The lowest BCUT2D eigenvalue weighted by molar-refractivity contribution is 0.101. The summed E-state index contributed by atoms with van der Waals surface area (Å²) in [6.07, 6.45) is 1.98. The number of hydrogen-bond donors (Lipinski definition) is 0. The molecule has 0 aliphatic carbocycles. The van der Waals surface area contributed by atoms with Gasteiger partial charge in [0, 0.05) is 5.56 Å². The summed E-state index contributed by atoms with van der Waals surface area (Å²) >= 11 is 1.62. The van der Waals surface area contributed by atoms with E-state index in [0.29, 0.717) is 5.94 Å². The molecule has 3 heteroatoms. The van der Waals surface area contributed by atoms with E-state index in [1.807, 2.05) is 18.4 Å². The lowest BCUT2D eigenvalue weighted by Crippen LogP contribution is -1.94. The number of thioether (sulfide) groups is 1. The van der Waals surface area contributed by atoms with Crippen molar-refractivity contribution in [1.82, 2.24) is 0 Å². The molecule has 70 valence electrons. The molecule has 0 heterocycles. The summed E-state index contributed by atoms with van der Waals surface area (Å²) in [4.78, 5) is 10.9. The zero-order valence-corrected chi connectivity index (χ0v) is 8.56. The molecule has 1 aromatic carbocycles. The van der Waals surface area contributed by atoms with Crippen molar-refractivity contribution in [3.8, 4) is 5.75 Å². The number of carbonyl (C=O) groups excluding carboxylic acids is 1. The highest BCUT2D eigenvalue weighted by molar-refractivity contribution is 7.98. The third kappa shape index (κ3) is 3.11. The number of ether oxygens (including phenoxy) is 1. The van der Waals surface area contributed by atoms with Crippen molar-refractivity contribution < 1.29 is 9.53 Å². The van der Waals surface area contributed by atoms with Crippen LogP contribution < -0.4 is 4.74 Å². The van der Waals surface area contributed by atoms with Crippen LogP contribution in [0.1, 0.15) is 17.3 Å². The van der Waals surface area contributed by atoms with E-state index in [1.54, 1.807) is 30.8 Å². The van der Waals surface area contributed by atoms with E-state index in [-0.39, 0.29) is 5.78 Å². The smallest absolute Gasteiger partial charge is 0.159 e. The van der Waals surface area contributed by atoms with Gasteiger partial charge in [0.15, 0.2) is 5.78 Å². The van der Waals surface area contributed by atoms with Crippen LogP contribution in [0, 0.1) is 0 Å². The molecule has 2 nitrogen and oxygen atoms in total. The highest BCUT2D eigenvalue weighted by Gasteiger charge is 1.98. The SMILES string of the molecule is CSCOc1ccc(C(C)=O)cc1. The van der Waals surface area contributed by atoms with Gasteiger partial charge >= 0.3 is 0 Å². The quantitative estimate of drug-likeness (QED) is 0.547. The predicted molar refractivity (Wildman–Crippen MR) is 55.5 cm³/mol. The fraction of sp³-hybridized carbons (Fsp3) is 0.300. The van der Waals surface area contributed by atoms with E-state index in [2.05, 4.69) is 0 Å². The van der Waals surface area contributed by atoms with Crippen LogP contribution in [0.4, 0.5) is 0 Å². The summed E-state index contributed by atoms with van der Waals surface area (Å²) in [6, 6.07) is 7.18. The zero-order valence-electron chi connectivity index (χ0n) is 7.74. The van der Waals surface area contributed by atoms with Gasteiger partial charge in [-0.05, 0) is 37.4 Å². The normalized spacial score (nSPS) is 9.69. The van der Waals surface area contributed by atoms with Crippen molar-refractivity contribution >= 4 is 17.5 Å². The average molecular weight is 196 g/mol. The number of hydrogen-bond acceptors (Lipinski definition) is 3. The summed E-state index contributed by atoms with van der Waals surface area (Å²) in [5.41, 5.74) is 0.719. The monoisotopic (exact) mass is 196 g/mol. The molecule has 0 radical (unpaired) electrons. The summed E-state index contributed by atoms with van der Waals surface area (Å²) in [6.45, 7) is 1.55. The number of Topliss-reactive ketones (excluding diaryl/α,β-unsaturated/α-hetero) is 1. The van der Waals surface area contributed by atoms with Gasteiger partial charge < -0.3 is 4.74 Å². The molecule has 0 atom stereocenters. The van der Waals surface area contributed by atoms with Crippen LogP contribution in [0.5, 0.6) is 5.75 Å². The molecule has 1 aromatic rings. The molecule has 0 N–H and O–H groups in total. The first-order valence-electron chi connectivity index (χ1n) is 3.97. The molecule has 0 saturated heterocycles. The first-order chi connectivity index (χ1) is 6.24. The Hall–Kier alpha value is -0.960. The number of benzene rings is 1. The third-order valence-electron chi connectivity index (χ3n) is 1.60. The highest BCUT2D eigenvalue weighted by Crippen LogP contribution is 2.13. The Morgan fingerprint density at radius 3 is 2.46 bits per heavy atom. The van der Waals surface area contributed by atoms with Gasteiger partial charge in [0.05, 0.1) is 0 Å². The molecule has 0 fully saturated rings. The van der Waals surface area contributed by atoms with E-state index < -0.39 is 0 Å². The van der Waals surface area contributed by atoms with E-state index in [9.17, 15) is 4.79 Å². The van der Waals surface area contributed by atoms with E-state index in [0.717, 1.165) is 11.3 Å². The van der Waals surface area contributed by atoms with Crippen molar-refractivity contribution in [1.29, 1.82) is 0 Å². The fourth-order valence-electron chi connectivity index (χ4n) is 0.913. The summed E-state index contributed by atoms with van der Waals surface area (Å²) < 4.78 is 5.34. The minimum Gasteiger partial charge on any atom is -0.483 e. The molecule has 0 amide bonds. The first-order valence-corrected chi connectivity index (χ1v) is 5.36. The minimum absolute atomic E-state index is 0.0800. The van der Waals surface area contributed by atoms with E-state index in [4.69, 9.17) is 4.74 Å². The van der Waals surface area contributed by atoms with Gasteiger partial charge in [-0.25, -0.2) is 0 Å². The number of carbonyl (C=O) groups is 1. The highest BCUT2D eigenvalue weighted by atomic mass is 32.2. The fourth-order valence-corrected chi connectivity index (χ4v) is 1.17. The van der Waals surface area contributed by atoms with Crippen LogP contribution in [-0.4, -0.2) is 18.0 Å². The molecule has 0 aliphatic heterocycles. The van der Waals surface area contributed by atoms with E-state index in [1.165, 1.54) is 0 Å². The van der Waals surface area contributed by atoms with Crippen LogP contribution in [0.3, 0.4) is 0 Å². The number of ketones is 1. The Morgan fingerprint density at radius 1 is 1.38 bits per heavy atom. The Labute approximate surface area is 82.3 Å². The molecule has 0 unspecified atom stereocenters. The Kier molecular flexibility index (Phi) is 3.83. The molecule has 0 spiro atoms. The van der Waals surface area contributed by atoms with Gasteiger partial charge in [-0.1, -0.05) is 0 Å². The van der Waals surface area contributed by atoms with Gasteiger partial charge in [0.1, 0.15) is 11.7 Å². The van der Waals surface area contributed by atoms with E-state index >= 15 is 0 Å². The maximum absolute atomic E-state index is 10.9. The lowest BCUT2D eigenvalue weighted by Gasteiger charge is -2.03. The zero-order chi connectivity index (χ0) is 9.68. The van der Waals surface area contributed by atoms with Gasteiger partial charge in [-0.2, -0.15) is 0 Å². The molecular weight excluding hydrogens is 184 g/mol. The molecule has 0 saturated carbocycles. The second-order valence-electron chi connectivity index (χ2n) is 2.63. The molecule has 0 aromatic heterocycles. The topological polar surface area (TPSA) is 26.3 Å². The van der Waals surface area contributed by atoms with Gasteiger partial charge in [-0.3, -0.25) is 4.79 Å². The largest absolute Gasteiger partial charge is 0.483 e. The van der Waals surface area contributed by atoms with Crippen LogP contribution >= 0.6 is 11.8 Å². The Morgan fingerprint density at radius 2 is 2.00 bits per heavy atom. The lowest BCUT2D eigenvalue weighted by atomic mass is 10.1. The number of rotatable bonds is 4. The summed E-state index contributed by atoms with van der Waals surface area (Å²) in [5, 5.41) is 0. The summed E-state index contributed by atoms with van der Waals surface area (Å²) in [5.74, 6) is 1.52. The predicted octanol–water partition coefficient (Wildman–Crippen LogP) is 2.59. The van der Waals surface area contributed by atoms with Crippen LogP contribution in [0.15, 0.2) is 24.3 Å². The van der Waals surface area contributed by atoms with Gasteiger partial charge in [0.2, 0.25) is 0 Å². The molecule has 0 bridgehead atoms. The van der Waals surface area contributed by atoms with Crippen LogP contribution in [-0.2, 0) is 0 Å². The standard InChI is InChI=1S/C10H12O2S/c1-8(11)9-3-5-10(6-4-9)12-7-13-2/h3-6H,7H2,1-2H3. The Bertz CT molecular complexity index is 279. The molecule has 1 rings (SSSR count). The molecule has 13 heavy (non-hydrogen) atoms. The maximum atomic E-state index is 10.9. The maximum Gasteiger partial charge on any atom is 0.159 e. The second kappa shape index (κ2) is 4.92. The van der Waals surface area contributed by atoms with Crippen LogP contribution in [0.2, 0.25) is 0 Å². The van der Waals surface area contributed by atoms with Crippen molar-refractivity contribution in [3.05, 3.63) is 29.8 Å².